The molecule has 172 valence electrons. The van der Waals surface area contributed by atoms with Gasteiger partial charge in [0.15, 0.2) is 0 Å². The number of hydrogen-bond donors (Lipinski definition) is 0. The standard InChI is InChI=1S/C36H21Br/c37-34-18-17-27-31-21-33-32(20-30(31)26-15-8-16-28(34)36(26)27)29(23-11-5-2-6-12-23)19-24-13-7-14-25(35(24)33)22-9-3-1-4-10-22/h1-21H. The summed E-state index contributed by atoms with van der Waals surface area (Å²) in [4.78, 5) is 0. The van der Waals surface area contributed by atoms with Gasteiger partial charge in [-0.25, -0.2) is 0 Å². The average molecular weight is 533 g/mol. The zero-order valence-electron chi connectivity index (χ0n) is 20.0. The normalized spacial score (nSPS) is 11.9. The van der Waals surface area contributed by atoms with Gasteiger partial charge >= 0.3 is 0 Å². The van der Waals surface area contributed by atoms with Gasteiger partial charge in [0.1, 0.15) is 0 Å². The summed E-state index contributed by atoms with van der Waals surface area (Å²) in [5, 5.41) is 7.80. The van der Waals surface area contributed by atoms with Crippen LogP contribution < -0.4 is 0 Å². The van der Waals surface area contributed by atoms with Gasteiger partial charge in [0.2, 0.25) is 0 Å². The molecule has 0 heterocycles. The van der Waals surface area contributed by atoms with Gasteiger partial charge in [0, 0.05) is 4.47 Å². The zero-order chi connectivity index (χ0) is 24.5. The molecule has 1 aliphatic rings. The van der Waals surface area contributed by atoms with Gasteiger partial charge in [0.25, 0.3) is 0 Å². The van der Waals surface area contributed by atoms with Crippen LogP contribution in [0.2, 0.25) is 0 Å². The SMILES string of the molecule is Brc1ccc2c3c(cccc13)-c1cc3c(-c4ccccc4)cc4cccc(-c5ccccc5)c4c3cc1-2. The Labute approximate surface area is 224 Å². The van der Waals surface area contributed by atoms with E-state index in [4.69, 9.17) is 0 Å². The zero-order valence-corrected chi connectivity index (χ0v) is 21.6. The monoisotopic (exact) mass is 532 g/mol. The second kappa shape index (κ2) is 7.90. The van der Waals surface area contributed by atoms with Crippen LogP contribution in [0.4, 0.5) is 0 Å². The fourth-order valence-electron chi connectivity index (χ4n) is 6.23. The molecular formula is C36H21Br. The Balaban J connectivity index is 1.56. The number of rotatable bonds is 2. The molecule has 0 aliphatic heterocycles. The molecule has 1 aliphatic carbocycles. The van der Waals surface area contributed by atoms with Crippen LogP contribution in [0.25, 0.3) is 76.8 Å². The van der Waals surface area contributed by atoms with Crippen molar-refractivity contribution in [1.29, 1.82) is 0 Å². The third kappa shape index (κ3) is 3.01. The molecule has 0 nitrogen and oxygen atoms in total. The van der Waals surface area contributed by atoms with Crippen LogP contribution in [0.5, 0.6) is 0 Å². The smallest absolute Gasteiger partial charge is 0.0254 e. The largest absolute Gasteiger partial charge is 0.0622 e. The van der Waals surface area contributed by atoms with Crippen LogP contribution in [-0.2, 0) is 0 Å². The molecule has 0 aromatic heterocycles. The van der Waals surface area contributed by atoms with E-state index in [1.807, 2.05) is 0 Å². The van der Waals surface area contributed by atoms with Gasteiger partial charge in [-0.2, -0.15) is 0 Å². The molecule has 0 N–H and O–H groups in total. The maximum absolute atomic E-state index is 3.79. The molecule has 0 radical (unpaired) electrons. The molecule has 0 fully saturated rings. The Bertz CT molecular complexity index is 2020. The Kier molecular flexibility index (Phi) is 4.47. The molecular weight excluding hydrogens is 512 g/mol. The van der Waals surface area contributed by atoms with Gasteiger partial charge in [0.05, 0.1) is 0 Å². The van der Waals surface area contributed by atoms with E-state index >= 15 is 0 Å². The molecule has 1 heteroatoms. The van der Waals surface area contributed by atoms with Gasteiger partial charge < -0.3 is 0 Å². The summed E-state index contributed by atoms with van der Waals surface area (Å²) in [7, 11) is 0. The van der Waals surface area contributed by atoms with Crippen molar-refractivity contribution in [3.63, 3.8) is 0 Å². The molecule has 0 amide bonds. The van der Waals surface area contributed by atoms with E-state index in [0.29, 0.717) is 0 Å². The predicted octanol–water partition coefficient (Wildman–Crippen LogP) is 10.9. The quantitative estimate of drug-likeness (QED) is 0.194. The number of halogens is 1. The topological polar surface area (TPSA) is 0 Å². The molecule has 7 aromatic rings. The maximum Gasteiger partial charge on any atom is 0.0254 e. The Morgan fingerprint density at radius 3 is 1.73 bits per heavy atom. The lowest BCUT2D eigenvalue weighted by atomic mass is 9.87. The minimum absolute atomic E-state index is 1.15. The summed E-state index contributed by atoms with van der Waals surface area (Å²) in [6.07, 6.45) is 0. The van der Waals surface area contributed by atoms with Crippen molar-refractivity contribution in [2.24, 2.45) is 0 Å². The first-order valence-corrected chi connectivity index (χ1v) is 13.4. The first-order valence-electron chi connectivity index (χ1n) is 12.6. The van der Waals surface area contributed by atoms with Crippen molar-refractivity contribution in [3.05, 3.63) is 132 Å². The number of hydrogen-bond acceptors (Lipinski definition) is 0. The molecule has 37 heavy (non-hydrogen) atoms. The van der Waals surface area contributed by atoms with Crippen molar-refractivity contribution in [3.8, 4) is 44.5 Å². The summed E-state index contributed by atoms with van der Waals surface area (Å²) >= 11 is 3.79. The Hall–Kier alpha value is -4.20. The predicted molar refractivity (Wildman–Crippen MR) is 162 cm³/mol. The highest BCUT2D eigenvalue weighted by Gasteiger charge is 2.24. The molecule has 7 aromatic carbocycles. The lowest BCUT2D eigenvalue weighted by Gasteiger charge is -2.16. The Morgan fingerprint density at radius 1 is 0.351 bits per heavy atom. The van der Waals surface area contributed by atoms with E-state index in [9.17, 15) is 0 Å². The van der Waals surface area contributed by atoms with Crippen LogP contribution in [0, 0.1) is 0 Å². The van der Waals surface area contributed by atoms with Crippen molar-refractivity contribution in [2.75, 3.05) is 0 Å². The lowest BCUT2D eigenvalue weighted by Crippen LogP contribution is -1.89. The third-order valence-electron chi connectivity index (χ3n) is 7.85. The molecule has 0 atom stereocenters. The lowest BCUT2D eigenvalue weighted by molar-refractivity contribution is 1.64. The first-order chi connectivity index (χ1) is 18.3. The van der Waals surface area contributed by atoms with Crippen LogP contribution in [-0.4, -0.2) is 0 Å². The highest BCUT2D eigenvalue weighted by molar-refractivity contribution is 9.10. The molecule has 0 bridgehead atoms. The van der Waals surface area contributed by atoms with E-state index in [-0.39, 0.29) is 0 Å². The minimum atomic E-state index is 1.15. The molecule has 0 spiro atoms. The van der Waals surface area contributed by atoms with Gasteiger partial charge in [-0.1, -0.05) is 119 Å². The van der Waals surface area contributed by atoms with Crippen molar-refractivity contribution < 1.29 is 0 Å². The van der Waals surface area contributed by atoms with Crippen LogP contribution in [0.1, 0.15) is 0 Å². The number of benzene rings is 7. The Morgan fingerprint density at radius 2 is 0.973 bits per heavy atom. The minimum Gasteiger partial charge on any atom is -0.0622 e. The van der Waals surface area contributed by atoms with Gasteiger partial charge in [-0.05, 0) is 101 Å². The van der Waals surface area contributed by atoms with E-state index in [1.165, 1.54) is 76.8 Å². The molecule has 0 saturated carbocycles. The summed E-state index contributed by atoms with van der Waals surface area (Å²) < 4.78 is 1.15. The first kappa shape index (κ1) is 20.9. The van der Waals surface area contributed by atoms with E-state index in [2.05, 4.69) is 143 Å². The molecule has 8 rings (SSSR count). The van der Waals surface area contributed by atoms with Gasteiger partial charge in [-0.3, -0.25) is 0 Å². The highest BCUT2D eigenvalue weighted by Crippen LogP contribution is 2.52. The van der Waals surface area contributed by atoms with E-state index < -0.39 is 0 Å². The number of fused-ring (bicyclic) bond motifs is 6. The average Bonchev–Trinajstić information content (AvgIpc) is 3.28. The highest BCUT2D eigenvalue weighted by atomic mass is 79.9. The fraction of sp³-hybridized carbons (Fsp3) is 0. The summed E-state index contributed by atoms with van der Waals surface area (Å²) in [6.45, 7) is 0. The van der Waals surface area contributed by atoms with Crippen LogP contribution in [0.15, 0.2) is 132 Å². The molecule has 0 saturated heterocycles. The summed E-state index contributed by atoms with van der Waals surface area (Å²) in [5.74, 6) is 0. The second-order valence-corrected chi connectivity index (χ2v) is 10.7. The van der Waals surface area contributed by atoms with Crippen molar-refractivity contribution in [1.82, 2.24) is 0 Å². The van der Waals surface area contributed by atoms with E-state index in [0.717, 1.165) is 4.47 Å². The van der Waals surface area contributed by atoms with Crippen LogP contribution >= 0.6 is 15.9 Å². The van der Waals surface area contributed by atoms with Crippen molar-refractivity contribution in [2.45, 2.75) is 0 Å². The van der Waals surface area contributed by atoms with Crippen molar-refractivity contribution >= 4 is 48.2 Å². The third-order valence-corrected chi connectivity index (χ3v) is 8.54. The second-order valence-electron chi connectivity index (χ2n) is 9.83. The summed E-state index contributed by atoms with van der Waals surface area (Å²) in [5.41, 5.74) is 10.3. The fourth-order valence-corrected chi connectivity index (χ4v) is 6.70. The van der Waals surface area contributed by atoms with Gasteiger partial charge in [-0.15, -0.1) is 0 Å². The molecule has 0 unspecified atom stereocenters. The maximum atomic E-state index is 3.79. The summed E-state index contributed by atoms with van der Waals surface area (Å²) in [6, 6.07) is 46.7. The van der Waals surface area contributed by atoms with Crippen LogP contribution in [0.3, 0.4) is 0 Å². The van der Waals surface area contributed by atoms with E-state index in [1.54, 1.807) is 0 Å².